The van der Waals surface area contributed by atoms with Gasteiger partial charge in [-0.25, -0.2) is 0 Å². The molecule has 186 valence electrons. The highest BCUT2D eigenvalue weighted by molar-refractivity contribution is 6.37. The van der Waals surface area contributed by atoms with Crippen LogP contribution in [0.3, 0.4) is 0 Å². The van der Waals surface area contributed by atoms with Crippen molar-refractivity contribution in [3.05, 3.63) is 24.8 Å². The average molecular weight is 465 g/mol. The maximum absolute atomic E-state index is 13.2. The van der Waals surface area contributed by atoms with E-state index in [-0.39, 0.29) is 18.4 Å². The first-order valence-electron chi connectivity index (χ1n) is 11.1. The van der Waals surface area contributed by atoms with Crippen LogP contribution in [-0.4, -0.2) is 54.6 Å². The van der Waals surface area contributed by atoms with Crippen molar-refractivity contribution in [1.82, 2.24) is 21.3 Å². The monoisotopic (exact) mass is 464 g/mol. The van der Waals surface area contributed by atoms with Crippen LogP contribution in [0.1, 0.15) is 54.9 Å². The zero-order valence-corrected chi connectivity index (χ0v) is 21.0. The summed E-state index contributed by atoms with van der Waals surface area (Å²) in [4.78, 5) is 61.8. The van der Waals surface area contributed by atoms with Gasteiger partial charge >= 0.3 is 0 Å². The summed E-state index contributed by atoms with van der Waals surface area (Å²) in [7, 11) is 0. The number of hydrogen-bond acceptors (Lipinski definition) is 5. The summed E-state index contributed by atoms with van der Waals surface area (Å²) in [6.07, 6.45) is 2.01. The third kappa shape index (κ3) is 10.0. The van der Waals surface area contributed by atoms with Gasteiger partial charge in [0, 0.05) is 19.4 Å². The van der Waals surface area contributed by atoms with Crippen molar-refractivity contribution in [3.8, 4) is 0 Å². The number of amides is 4. The Bertz CT molecular complexity index is 767. The van der Waals surface area contributed by atoms with E-state index < -0.39 is 53.5 Å². The van der Waals surface area contributed by atoms with E-state index in [1.54, 1.807) is 20.8 Å². The molecule has 4 amide bonds. The quantitative estimate of drug-likeness (QED) is 0.240. The minimum Gasteiger partial charge on any atom is -0.347 e. The van der Waals surface area contributed by atoms with Crippen LogP contribution in [0.25, 0.3) is 0 Å². The highest BCUT2D eigenvalue weighted by Gasteiger charge is 2.38. The SMILES string of the molecule is C=CCNC(=O)C(=O)CNC(=O)[C@@H](NC(=O)[C@@H](NC(C)=O)C(C)(C)C)[C@H](C(=C)CC)C(C)C. The molecule has 0 heterocycles. The molecule has 0 aromatic rings. The molecule has 0 aliphatic carbocycles. The van der Waals surface area contributed by atoms with Crippen molar-refractivity contribution in [2.45, 2.75) is 67.0 Å². The summed E-state index contributed by atoms with van der Waals surface area (Å²) in [6.45, 7) is 19.5. The second kappa shape index (κ2) is 13.5. The summed E-state index contributed by atoms with van der Waals surface area (Å²) in [5, 5.41) is 10.2. The Balaban J connectivity index is 5.84. The van der Waals surface area contributed by atoms with Gasteiger partial charge in [0.05, 0.1) is 6.54 Å². The Morgan fingerprint density at radius 2 is 1.55 bits per heavy atom. The van der Waals surface area contributed by atoms with E-state index >= 15 is 0 Å². The fraction of sp³-hybridized carbons (Fsp3) is 0.625. The van der Waals surface area contributed by atoms with Crippen molar-refractivity contribution < 1.29 is 24.0 Å². The number of ketones is 1. The van der Waals surface area contributed by atoms with Gasteiger partial charge < -0.3 is 21.3 Å². The van der Waals surface area contributed by atoms with Crippen LogP contribution in [0.15, 0.2) is 24.8 Å². The Kier molecular flexibility index (Phi) is 12.3. The lowest BCUT2D eigenvalue weighted by Gasteiger charge is -2.35. The zero-order chi connectivity index (χ0) is 25.9. The van der Waals surface area contributed by atoms with Gasteiger partial charge in [-0.3, -0.25) is 24.0 Å². The summed E-state index contributed by atoms with van der Waals surface area (Å²) in [5.74, 6) is -3.67. The number of hydrogen-bond donors (Lipinski definition) is 4. The van der Waals surface area contributed by atoms with Crippen LogP contribution in [0.5, 0.6) is 0 Å². The van der Waals surface area contributed by atoms with E-state index in [9.17, 15) is 24.0 Å². The highest BCUT2D eigenvalue weighted by atomic mass is 16.2. The Labute approximate surface area is 197 Å². The fourth-order valence-corrected chi connectivity index (χ4v) is 3.38. The molecular weight excluding hydrogens is 424 g/mol. The molecule has 0 aliphatic heterocycles. The van der Waals surface area contributed by atoms with Gasteiger partial charge in [-0.15, -0.1) is 6.58 Å². The zero-order valence-electron chi connectivity index (χ0n) is 21.0. The first kappa shape index (κ1) is 30.0. The molecule has 0 aliphatic rings. The molecule has 0 spiro atoms. The van der Waals surface area contributed by atoms with Crippen molar-refractivity contribution in [3.63, 3.8) is 0 Å². The molecule has 0 unspecified atom stereocenters. The minimum atomic E-state index is -1.05. The molecule has 3 atom stereocenters. The van der Waals surface area contributed by atoms with Gasteiger partial charge in [0.25, 0.3) is 5.91 Å². The Hall–Kier alpha value is -2.97. The predicted octanol–water partition coefficient (Wildman–Crippen LogP) is 1.25. The minimum absolute atomic E-state index is 0.0612. The smallest absolute Gasteiger partial charge is 0.289 e. The number of Topliss-reactive ketones (excluding diaryl/α,β-unsaturated/α-hetero) is 1. The van der Waals surface area contributed by atoms with Crippen molar-refractivity contribution in [1.29, 1.82) is 0 Å². The molecular formula is C24H40N4O5. The average Bonchev–Trinajstić information content (AvgIpc) is 2.71. The highest BCUT2D eigenvalue weighted by Crippen LogP contribution is 2.27. The van der Waals surface area contributed by atoms with Crippen LogP contribution in [-0.2, 0) is 24.0 Å². The van der Waals surface area contributed by atoms with Crippen LogP contribution in [0.2, 0.25) is 0 Å². The van der Waals surface area contributed by atoms with Gasteiger partial charge in [0.15, 0.2) is 0 Å². The molecule has 0 saturated heterocycles. The molecule has 0 rings (SSSR count). The van der Waals surface area contributed by atoms with Crippen LogP contribution >= 0.6 is 0 Å². The van der Waals surface area contributed by atoms with Gasteiger partial charge in [-0.05, 0) is 17.8 Å². The largest absolute Gasteiger partial charge is 0.347 e. The summed E-state index contributed by atoms with van der Waals surface area (Å²) in [5.41, 5.74) is 0.137. The molecule has 9 heteroatoms. The fourth-order valence-electron chi connectivity index (χ4n) is 3.38. The van der Waals surface area contributed by atoms with Crippen LogP contribution < -0.4 is 21.3 Å². The lowest BCUT2D eigenvalue weighted by atomic mass is 9.80. The maximum Gasteiger partial charge on any atom is 0.289 e. The number of carbonyl (C=O) groups excluding carboxylic acids is 5. The summed E-state index contributed by atoms with van der Waals surface area (Å²) < 4.78 is 0. The van der Waals surface area contributed by atoms with E-state index in [1.165, 1.54) is 13.0 Å². The second-order valence-corrected chi connectivity index (χ2v) is 9.41. The van der Waals surface area contributed by atoms with Crippen molar-refractivity contribution in [2.75, 3.05) is 13.1 Å². The molecule has 0 aromatic carbocycles. The first-order valence-corrected chi connectivity index (χ1v) is 11.1. The third-order valence-electron chi connectivity index (χ3n) is 5.14. The van der Waals surface area contributed by atoms with E-state index in [4.69, 9.17) is 0 Å². The molecule has 0 radical (unpaired) electrons. The summed E-state index contributed by atoms with van der Waals surface area (Å²) >= 11 is 0. The van der Waals surface area contributed by atoms with E-state index in [1.807, 2.05) is 20.8 Å². The van der Waals surface area contributed by atoms with E-state index in [0.29, 0.717) is 6.42 Å². The lowest BCUT2D eigenvalue weighted by molar-refractivity contribution is -0.138. The predicted molar refractivity (Wildman–Crippen MR) is 128 cm³/mol. The molecule has 0 saturated carbocycles. The standard InChI is InChI=1S/C24H40N4O5/c1-10-12-25-21(31)17(30)13-26-22(32)19(18(14(3)4)15(5)11-2)28-23(33)20(24(7,8)9)27-16(6)29/h10,14,18-20H,1,5,11-13H2,2-4,6-9H3,(H,25,31)(H,26,32)(H,27,29)(H,28,33)/t18-,19-,20+/m0/s1. The van der Waals surface area contributed by atoms with Crippen LogP contribution in [0.4, 0.5) is 0 Å². The molecule has 0 bridgehead atoms. The summed E-state index contributed by atoms with van der Waals surface area (Å²) in [6, 6.07) is -1.94. The molecule has 0 aromatic heterocycles. The van der Waals surface area contributed by atoms with Crippen molar-refractivity contribution >= 4 is 29.4 Å². The van der Waals surface area contributed by atoms with E-state index in [2.05, 4.69) is 34.4 Å². The normalized spacial score (nSPS) is 13.8. The lowest BCUT2D eigenvalue weighted by Crippen LogP contribution is -2.60. The van der Waals surface area contributed by atoms with Gasteiger partial charge in [-0.1, -0.05) is 59.8 Å². The third-order valence-corrected chi connectivity index (χ3v) is 5.14. The molecule has 0 fully saturated rings. The molecule has 4 N–H and O–H groups in total. The number of nitrogens with one attached hydrogen (secondary N) is 4. The van der Waals surface area contributed by atoms with Gasteiger partial charge in [-0.2, -0.15) is 0 Å². The van der Waals surface area contributed by atoms with Gasteiger partial charge in [0.2, 0.25) is 23.5 Å². The number of carbonyl (C=O) groups is 5. The van der Waals surface area contributed by atoms with Crippen LogP contribution in [0, 0.1) is 17.3 Å². The number of rotatable bonds is 13. The van der Waals surface area contributed by atoms with Crippen molar-refractivity contribution in [2.24, 2.45) is 17.3 Å². The molecule has 9 nitrogen and oxygen atoms in total. The second-order valence-electron chi connectivity index (χ2n) is 9.41. The first-order chi connectivity index (χ1) is 15.2. The topological polar surface area (TPSA) is 133 Å². The van der Waals surface area contributed by atoms with E-state index in [0.717, 1.165) is 5.57 Å². The maximum atomic E-state index is 13.2. The Morgan fingerprint density at radius 3 is 1.97 bits per heavy atom. The van der Waals surface area contributed by atoms with Gasteiger partial charge in [0.1, 0.15) is 12.1 Å². The Morgan fingerprint density at radius 1 is 0.970 bits per heavy atom. The molecule has 33 heavy (non-hydrogen) atoms.